The summed E-state index contributed by atoms with van der Waals surface area (Å²) in [5, 5.41) is 5.86. The highest BCUT2D eigenvalue weighted by molar-refractivity contribution is 6.89. The van der Waals surface area contributed by atoms with Gasteiger partial charge in [0.15, 0.2) is 22.8 Å². The number of rotatable bonds is 5. The number of imidazole rings is 1. The molecule has 8 aromatic carbocycles. The third-order valence-electron chi connectivity index (χ3n) is 14.0. The molecule has 3 aromatic heterocycles. The van der Waals surface area contributed by atoms with E-state index in [0.717, 1.165) is 72.4 Å². The molecule has 0 saturated heterocycles. The molecule has 1 spiro atoms. The minimum atomic E-state index is -2.03. The first kappa shape index (κ1) is 36.2. The van der Waals surface area contributed by atoms with Crippen molar-refractivity contribution in [3.05, 3.63) is 205 Å². The van der Waals surface area contributed by atoms with Crippen molar-refractivity contribution in [2.24, 2.45) is 0 Å². The summed E-state index contributed by atoms with van der Waals surface area (Å²) in [6, 6.07) is 66.5. The first-order valence-electron chi connectivity index (χ1n) is 22.9. The normalized spacial score (nSPS) is 15.5. The Morgan fingerprint density at radius 2 is 1.23 bits per heavy atom. The van der Waals surface area contributed by atoms with Crippen molar-refractivity contribution in [2.45, 2.75) is 45.0 Å². The molecule has 1 atom stereocenters. The van der Waals surface area contributed by atoms with Gasteiger partial charge in [-0.2, -0.15) is 4.57 Å². The number of furan rings is 1. The van der Waals surface area contributed by atoms with E-state index in [9.17, 15) is 1.37 Å². The second kappa shape index (κ2) is 13.3. The predicted molar refractivity (Wildman–Crippen MR) is 265 cm³/mol. The Hall–Kier alpha value is -7.34. The Kier molecular flexibility index (Phi) is 7.54. The van der Waals surface area contributed by atoms with Crippen LogP contribution in [0.2, 0.25) is 19.6 Å². The van der Waals surface area contributed by atoms with Gasteiger partial charge in [0.05, 0.1) is 24.8 Å². The van der Waals surface area contributed by atoms with Gasteiger partial charge in [-0.15, -0.1) is 9.13 Å². The number of pyridine rings is 1. The molecule has 0 radical (unpaired) electrons. The molecule has 306 valence electrons. The van der Waals surface area contributed by atoms with Gasteiger partial charge in [-0.25, -0.2) is 0 Å². The van der Waals surface area contributed by atoms with Crippen LogP contribution < -0.4 is 14.3 Å². The summed E-state index contributed by atoms with van der Waals surface area (Å²) in [6.07, 6.45) is 2.45. The highest BCUT2D eigenvalue weighted by atomic mass is 28.3. The van der Waals surface area contributed by atoms with Gasteiger partial charge in [0.25, 0.3) is 0 Å². The van der Waals surface area contributed by atoms with Crippen molar-refractivity contribution >= 4 is 57.0 Å². The van der Waals surface area contributed by atoms with Gasteiger partial charge in [-0.05, 0) is 105 Å². The van der Waals surface area contributed by atoms with Gasteiger partial charge in [0, 0.05) is 23.4 Å². The first-order chi connectivity index (χ1) is 31.5. The summed E-state index contributed by atoms with van der Waals surface area (Å²) in [5.74, 6) is 0.280. The topological polar surface area (TPSA) is 25.8 Å². The van der Waals surface area contributed by atoms with Crippen LogP contribution in [0.1, 0.15) is 37.8 Å². The summed E-state index contributed by atoms with van der Waals surface area (Å²) in [7, 11) is -2.03. The van der Waals surface area contributed by atoms with Crippen LogP contribution in [-0.2, 0) is 5.66 Å². The Bertz CT molecular complexity index is 3780. The second-order valence-electron chi connectivity index (χ2n) is 19.0. The van der Waals surface area contributed by atoms with Gasteiger partial charge >= 0.3 is 11.5 Å². The molecular weight excluding hydrogens is 795 g/mol. The van der Waals surface area contributed by atoms with E-state index in [4.69, 9.17) is 4.42 Å². The van der Waals surface area contributed by atoms with E-state index in [2.05, 4.69) is 222 Å². The molecule has 1 unspecified atom stereocenters. The van der Waals surface area contributed by atoms with Crippen molar-refractivity contribution in [3.63, 3.8) is 0 Å². The highest BCUT2D eigenvalue weighted by Gasteiger charge is 2.67. The average molecular weight is 843 g/mol. The van der Waals surface area contributed by atoms with E-state index < -0.39 is 19.6 Å². The van der Waals surface area contributed by atoms with Gasteiger partial charge in [-0.1, -0.05) is 149 Å². The van der Waals surface area contributed by atoms with E-state index >= 15 is 0 Å². The molecule has 5 heterocycles. The Morgan fingerprint density at radius 3 is 1.95 bits per heavy atom. The van der Waals surface area contributed by atoms with Crippen LogP contribution in [-0.4, -0.2) is 12.6 Å². The molecular formula is C59H47N3OSi+2. The molecule has 5 heteroatoms. The maximum Gasteiger partial charge on any atom is 0.364 e. The van der Waals surface area contributed by atoms with Crippen LogP contribution >= 0.6 is 0 Å². The second-order valence-corrected chi connectivity index (χ2v) is 24.0. The molecule has 2 aliphatic rings. The van der Waals surface area contributed by atoms with Crippen LogP contribution in [0.3, 0.4) is 0 Å². The van der Waals surface area contributed by atoms with Crippen molar-refractivity contribution in [1.29, 1.82) is 0 Å². The monoisotopic (exact) mass is 842 g/mol. The van der Waals surface area contributed by atoms with E-state index in [-0.39, 0.29) is 0 Å². The van der Waals surface area contributed by atoms with Crippen LogP contribution in [0.4, 0.5) is 0 Å². The summed E-state index contributed by atoms with van der Waals surface area (Å²) < 4.78 is 24.6. The zero-order chi connectivity index (χ0) is 44.0. The summed E-state index contributed by atoms with van der Waals surface area (Å²) in [6.45, 7) is 11.3. The molecule has 0 saturated carbocycles. The van der Waals surface area contributed by atoms with Gasteiger partial charge in [0.2, 0.25) is 5.69 Å². The molecule has 0 amide bonds. The van der Waals surface area contributed by atoms with E-state index in [1.54, 1.807) is 0 Å². The number of benzene rings is 8. The van der Waals surface area contributed by atoms with Crippen LogP contribution in [0, 0.1) is 0 Å². The van der Waals surface area contributed by atoms with E-state index in [1.165, 1.54) is 43.8 Å². The van der Waals surface area contributed by atoms with Crippen LogP contribution in [0.5, 0.6) is 0 Å². The lowest BCUT2D eigenvalue weighted by Gasteiger charge is -2.25. The van der Waals surface area contributed by atoms with Crippen molar-refractivity contribution in [2.75, 3.05) is 0 Å². The molecule has 0 aliphatic carbocycles. The molecule has 2 aliphatic heterocycles. The van der Waals surface area contributed by atoms with Gasteiger partial charge in [-0.3, -0.25) is 0 Å². The third kappa shape index (κ3) is 5.04. The molecule has 11 aromatic rings. The predicted octanol–water partition coefficient (Wildman–Crippen LogP) is 13.5. The van der Waals surface area contributed by atoms with Gasteiger partial charge in [0.1, 0.15) is 16.8 Å². The summed E-state index contributed by atoms with van der Waals surface area (Å²) >= 11 is 0. The largest absolute Gasteiger partial charge is 0.455 e. The van der Waals surface area contributed by atoms with E-state index in [0.29, 0.717) is 0 Å². The maximum absolute atomic E-state index is 9.53. The van der Waals surface area contributed by atoms with Crippen molar-refractivity contribution in [1.82, 2.24) is 4.57 Å². The zero-order valence-electron chi connectivity index (χ0n) is 37.6. The summed E-state index contributed by atoms with van der Waals surface area (Å²) in [5.41, 5.74) is 15.7. The Labute approximate surface area is 375 Å². The fraction of sp³-hybridized carbons (Fsp3) is 0.119. The minimum Gasteiger partial charge on any atom is -0.455 e. The number of hydrogen-bond acceptors (Lipinski definition) is 1. The number of nitrogens with zero attached hydrogens (tertiary/aromatic N) is 3. The minimum absolute atomic E-state index is 0.790. The smallest absolute Gasteiger partial charge is 0.364 e. The summed E-state index contributed by atoms with van der Waals surface area (Å²) in [4.78, 5) is 0. The highest BCUT2D eigenvalue weighted by Crippen LogP contribution is 2.53. The SMILES string of the molecule is [2H]C(C)(C)c1cc2[n+](cc1[Si](C)(C)C)C1(c3ccccc3-2)c2ccc3c(oc4cc(-c5ccccc5)ccc43)c2-c2n(-c3ccc(-c4ccccc4)cc3)c3cc4ccccc4cc3[n+]21. The molecule has 0 fully saturated rings. The average Bonchev–Trinajstić information content (AvgIpc) is 4.03. The number of fused-ring (bicyclic) bond motifs is 17. The lowest BCUT2D eigenvalue weighted by Crippen LogP contribution is -2.72. The van der Waals surface area contributed by atoms with Crippen LogP contribution in [0.15, 0.2) is 193 Å². The standard InChI is InChI=1S/C59H47N3OSi/c1-37(2)48-35-51-47-22-14-15-23-49(47)59(60(51)36-55(48)64(3,4)5)50-31-30-46-45-29-26-43(39-18-10-7-11-19-39)34-54(45)63-57(46)56(50)58-61(44-27-24-40(25-28-44)38-16-8-6-9-17-38)52-32-41-20-12-13-21-42(41)33-53(52)62(58)59/h6-37H,1-5H3/q+2/i37D. The number of aromatic nitrogens is 3. The van der Waals surface area contributed by atoms with Gasteiger partial charge < -0.3 is 4.42 Å². The Morgan fingerprint density at radius 1 is 0.609 bits per heavy atom. The van der Waals surface area contributed by atoms with Crippen molar-refractivity contribution in [3.8, 4) is 50.6 Å². The quantitative estimate of drug-likeness (QED) is 0.125. The maximum atomic E-state index is 9.53. The molecule has 4 nitrogen and oxygen atoms in total. The molecule has 0 bridgehead atoms. The fourth-order valence-corrected chi connectivity index (χ4v) is 12.8. The number of hydrogen-bond donors (Lipinski definition) is 0. The van der Waals surface area contributed by atoms with E-state index in [1.807, 2.05) is 13.8 Å². The lowest BCUT2D eigenvalue weighted by atomic mass is 9.88. The first-order valence-corrected chi connectivity index (χ1v) is 25.9. The van der Waals surface area contributed by atoms with Crippen molar-refractivity contribution < 1.29 is 14.9 Å². The Balaban J connectivity index is 1.22. The third-order valence-corrected chi connectivity index (χ3v) is 16.0. The molecule has 13 rings (SSSR count). The zero-order valence-corrected chi connectivity index (χ0v) is 37.6. The molecule has 0 N–H and O–H groups in total. The fourth-order valence-electron chi connectivity index (χ4n) is 11.1. The molecule has 64 heavy (non-hydrogen) atoms. The lowest BCUT2D eigenvalue weighted by molar-refractivity contribution is -0.944. The van der Waals surface area contributed by atoms with Crippen LogP contribution in [0.25, 0.3) is 94.3 Å².